The molecule has 0 spiro atoms. The summed E-state index contributed by atoms with van der Waals surface area (Å²) in [6.07, 6.45) is 6.95. The highest BCUT2D eigenvalue weighted by atomic mass is 79.9. The molecule has 3 rings (SSSR count). The summed E-state index contributed by atoms with van der Waals surface area (Å²) in [5.41, 5.74) is 0.914. The van der Waals surface area contributed by atoms with Gasteiger partial charge >= 0.3 is 0 Å². The van der Waals surface area contributed by atoms with Gasteiger partial charge in [-0.1, -0.05) is 0 Å². The topological polar surface area (TPSA) is 36.7 Å². The van der Waals surface area contributed by atoms with Gasteiger partial charge in [-0.15, -0.1) is 0 Å². The van der Waals surface area contributed by atoms with Crippen molar-refractivity contribution in [3.8, 4) is 0 Å². The molecule has 0 radical (unpaired) electrons. The van der Waals surface area contributed by atoms with E-state index in [0.717, 1.165) is 22.6 Å². The Morgan fingerprint density at radius 1 is 1.53 bits per heavy atom. The van der Waals surface area contributed by atoms with Crippen LogP contribution in [-0.2, 0) is 0 Å². The molecule has 1 atom stereocenters. The molecule has 0 aliphatic carbocycles. The SMILES string of the molecule is CN1CCC(CN(C)c2nc(Br)cn3ccnc23)C1. The number of fused-ring (bicyclic) bond motifs is 1. The van der Waals surface area contributed by atoms with Crippen LogP contribution in [-0.4, -0.2) is 53.0 Å². The highest BCUT2D eigenvalue weighted by molar-refractivity contribution is 9.10. The standard InChI is InChI=1S/C13H18BrN5/c1-17-5-3-10(7-17)8-18(2)13-12-15-4-6-19(12)9-11(14)16-13/h4,6,9-10H,3,5,7-8H2,1-2H3. The molecular formula is C13H18BrN5. The van der Waals surface area contributed by atoms with Crippen LogP contribution in [0.5, 0.6) is 0 Å². The lowest BCUT2D eigenvalue weighted by Gasteiger charge is -2.22. The number of imidazole rings is 1. The van der Waals surface area contributed by atoms with Gasteiger partial charge in [-0.05, 0) is 41.9 Å². The Morgan fingerprint density at radius 2 is 2.37 bits per heavy atom. The van der Waals surface area contributed by atoms with E-state index in [0.29, 0.717) is 5.92 Å². The summed E-state index contributed by atoms with van der Waals surface area (Å²) in [5, 5.41) is 0. The molecule has 0 N–H and O–H groups in total. The molecule has 1 aliphatic heterocycles. The first kappa shape index (κ1) is 12.9. The van der Waals surface area contributed by atoms with E-state index >= 15 is 0 Å². The molecule has 1 unspecified atom stereocenters. The van der Waals surface area contributed by atoms with Crippen molar-refractivity contribution in [2.75, 3.05) is 38.6 Å². The molecule has 5 nitrogen and oxygen atoms in total. The average Bonchev–Trinajstić information content (AvgIpc) is 2.96. The third kappa shape index (κ3) is 2.60. The smallest absolute Gasteiger partial charge is 0.180 e. The summed E-state index contributed by atoms with van der Waals surface area (Å²) in [4.78, 5) is 13.6. The second-order valence-corrected chi connectivity index (χ2v) is 6.16. The Morgan fingerprint density at radius 3 is 3.11 bits per heavy atom. The van der Waals surface area contributed by atoms with Gasteiger partial charge in [0.05, 0.1) is 0 Å². The first-order valence-corrected chi connectivity index (χ1v) is 7.31. The third-order valence-electron chi connectivity index (χ3n) is 3.71. The first-order valence-electron chi connectivity index (χ1n) is 6.52. The van der Waals surface area contributed by atoms with Gasteiger partial charge in [0, 0.05) is 38.7 Å². The van der Waals surface area contributed by atoms with Crippen LogP contribution in [0.25, 0.3) is 5.65 Å². The zero-order valence-corrected chi connectivity index (χ0v) is 12.8. The number of hydrogen-bond donors (Lipinski definition) is 0. The van der Waals surface area contributed by atoms with Crippen LogP contribution in [0.15, 0.2) is 23.2 Å². The van der Waals surface area contributed by atoms with E-state index in [9.17, 15) is 0 Å². The van der Waals surface area contributed by atoms with Crippen LogP contribution in [0.4, 0.5) is 5.82 Å². The summed E-state index contributed by atoms with van der Waals surface area (Å²) < 4.78 is 2.84. The van der Waals surface area contributed by atoms with Crippen molar-refractivity contribution in [3.05, 3.63) is 23.2 Å². The number of anilines is 1. The lowest BCUT2D eigenvalue weighted by atomic mass is 10.1. The van der Waals surface area contributed by atoms with Gasteiger partial charge in [-0.25, -0.2) is 9.97 Å². The highest BCUT2D eigenvalue weighted by Gasteiger charge is 2.22. The quantitative estimate of drug-likeness (QED) is 0.864. The zero-order chi connectivity index (χ0) is 13.4. The van der Waals surface area contributed by atoms with Crippen LogP contribution in [0.2, 0.25) is 0 Å². The Balaban J connectivity index is 1.84. The van der Waals surface area contributed by atoms with Crippen molar-refractivity contribution < 1.29 is 0 Å². The summed E-state index contributed by atoms with van der Waals surface area (Å²) in [6, 6.07) is 0. The second-order valence-electron chi connectivity index (χ2n) is 5.34. The molecular weight excluding hydrogens is 306 g/mol. The molecule has 0 aromatic carbocycles. The molecule has 0 saturated carbocycles. The normalized spacial score (nSPS) is 20.3. The summed E-state index contributed by atoms with van der Waals surface area (Å²) >= 11 is 3.46. The average molecular weight is 324 g/mol. The molecule has 102 valence electrons. The summed E-state index contributed by atoms with van der Waals surface area (Å²) in [6.45, 7) is 3.39. The van der Waals surface area contributed by atoms with E-state index in [1.165, 1.54) is 19.5 Å². The van der Waals surface area contributed by atoms with E-state index in [1.54, 1.807) is 0 Å². The number of rotatable bonds is 3. The van der Waals surface area contributed by atoms with Gasteiger partial charge in [0.1, 0.15) is 4.60 Å². The fourth-order valence-corrected chi connectivity index (χ4v) is 3.18. The fourth-order valence-electron chi connectivity index (χ4n) is 2.79. The fraction of sp³-hybridized carbons (Fsp3) is 0.538. The predicted molar refractivity (Wildman–Crippen MR) is 79.6 cm³/mol. The summed E-state index contributed by atoms with van der Waals surface area (Å²) in [7, 11) is 4.28. The Bertz CT molecular complexity index is 581. The number of halogens is 1. The molecule has 0 bridgehead atoms. The van der Waals surface area contributed by atoms with Crippen LogP contribution >= 0.6 is 15.9 Å². The van der Waals surface area contributed by atoms with Crippen molar-refractivity contribution in [2.24, 2.45) is 5.92 Å². The molecule has 19 heavy (non-hydrogen) atoms. The molecule has 2 aromatic heterocycles. The molecule has 1 fully saturated rings. The van der Waals surface area contributed by atoms with Crippen LogP contribution in [0, 0.1) is 5.92 Å². The maximum Gasteiger partial charge on any atom is 0.180 e. The minimum Gasteiger partial charge on any atom is -0.356 e. The van der Waals surface area contributed by atoms with Crippen LogP contribution in [0.3, 0.4) is 0 Å². The highest BCUT2D eigenvalue weighted by Crippen LogP contribution is 2.23. The van der Waals surface area contributed by atoms with E-state index < -0.39 is 0 Å². The molecule has 0 amide bonds. The third-order valence-corrected chi connectivity index (χ3v) is 4.09. The maximum atomic E-state index is 4.58. The van der Waals surface area contributed by atoms with Crippen LogP contribution < -0.4 is 4.90 Å². The predicted octanol–water partition coefficient (Wildman–Crippen LogP) is 1.88. The maximum absolute atomic E-state index is 4.58. The van der Waals surface area contributed by atoms with Gasteiger partial charge in [-0.2, -0.15) is 0 Å². The second kappa shape index (κ2) is 5.09. The van der Waals surface area contributed by atoms with Crippen molar-refractivity contribution in [3.63, 3.8) is 0 Å². The monoisotopic (exact) mass is 323 g/mol. The molecule has 3 heterocycles. The Labute approximate surface area is 121 Å². The van der Waals surface area contributed by atoms with E-state index in [1.807, 2.05) is 23.0 Å². The van der Waals surface area contributed by atoms with E-state index in [-0.39, 0.29) is 0 Å². The molecule has 1 aliphatic rings. The first-order chi connectivity index (χ1) is 9.13. The van der Waals surface area contributed by atoms with Gasteiger partial charge in [0.15, 0.2) is 11.5 Å². The molecule has 6 heteroatoms. The minimum atomic E-state index is 0.714. The van der Waals surface area contributed by atoms with Gasteiger partial charge in [0.2, 0.25) is 0 Å². The Kier molecular flexibility index (Phi) is 3.45. The van der Waals surface area contributed by atoms with Crippen molar-refractivity contribution in [1.82, 2.24) is 19.3 Å². The van der Waals surface area contributed by atoms with E-state index in [2.05, 4.69) is 49.8 Å². The number of likely N-dealkylation sites (tertiary alicyclic amines) is 1. The largest absolute Gasteiger partial charge is 0.356 e. The minimum absolute atomic E-state index is 0.714. The van der Waals surface area contributed by atoms with Gasteiger partial charge < -0.3 is 14.2 Å². The lowest BCUT2D eigenvalue weighted by Crippen LogP contribution is -2.28. The van der Waals surface area contributed by atoms with Gasteiger partial charge in [0.25, 0.3) is 0 Å². The zero-order valence-electron chi connectivity index (χ0n) is 11.3. The molecule has 2 aromatic rings. The number of nitrogens with zero attached hydrogens (tertiary/aromatic N) is 5. The number of aromatic nitrogens is 3. The molecule has 1 saturated heterocycles. The lowest BCUT2D eigenvalue weighted by molar-refractivity contribution is 0.395. The Hall–Kier alpha value is -1.14. The summed E-state index contributed by atoms with van der Waals surface area (Å²) in [5.74, 6) is 1.65. The van der Waals surface area contributed by atoms with Crippen molar-refractivity contribution >= 4 is 27.4 Å². The van der Waals surface area contributed by atoms with Crippen molar-refractivity contribution in [1.29, 1.82) is 0 Å². The van der Waals surface area contributed by atoms with E-state index in [4.69, 9.17) is 0 Å². The van der Waals surface area contributed by atoms with Crippen LogP contribution in [0.1, 0.15) is 6.42 Å². The van der Waals surface area contributed by atoms with Crippen molar-refractivity contribution in [2.45, 2.75) is 6.42 Å². The van der Waals surface area contributed by atoms with Gasteiger partial charge in [-0.3, -0.25) is 0 Å². The number of hydrogen-bond acceptors (Lipinski definition) is 4.